The SMILES string of the molecule is CCN(C(=O)CN1C(=O)c2ccccc2C1=O)c1cccc(C)c1. The summed E-state index contributed by atoms with van der Waals surface area (Å²) in [6.07, 6.45) is 0. The molecule has 0 aromatic heterocycles. The Hall–Kier alpha value is -2.95. The molecule has 0 unspecified atom stereocenters. The first kappa shape index (κ1) is 15.9. The molecular formula is C19H18N2O3. The van der Waals surface area contributed by atoms with Crippen LogP contribution in [0.2, 0.25) is 0 Å². The topological polar surface area (TPSA) is 57.7 Å². The van der Waals surface area contributed by atoms with Crippen LogP contribution in [0, 0.1) is 6.92 Å². The number of hydrogen-bond acceptors (Lipinski definition) is 3. The number of benzene rings is 2. The molecule has 0 saturated carbocycles. The van der Waals surface area contributed by atoms with Gasteiger partial charge in [0.2, 0.25) is 5.91 Å². The van der Waals surface area contributed by atoms with E-state index >= 15 is 0 Å². The minimum atomic E-state index is -0.413. The van der Waals surface area contributed by atoms with Gasteiger partial charge < -0.3 is 4.90 Å². The molecule has 0 bridgehead atoms. The number of carbonyl (C=O) groups is 3. The van der Waals surface area contributed by atoms with Crippen LogP contribution in [0.1, 0.15) is 33.2 Å². The lowest BCUT2D eigenvalue weighted by Crippen LogP contribution is -2.42. The van der Waals surface area contributed by atoms with Gasteiger partial charge >= 0.3 is 0 Å². The van der Waals surface area contributed by atoms with E-state index in [4.69, 9.17) is 0 Å². The van der Waals surface area contributed by atoms with Crippen LogP contribution >= 0.6 is 0 Å². The van der Waals surface area contributed by atoms with E-state index in [-0.39, 0.29) is 12.5 Å². The van der Waals surface area contributed by atoms with E-state index in [2.05, 4.69) is 0 Å². The van der Waals surface area contributed by atoms with Gasteiger partial charge in [-0.3, -0.25) is 19.3 Å². The van der Waals surface area contributed by atoms with Crippen molar-refractivity contribution in [2.75, 3.05) is 18.0 Å². The molecule has 2 aromatic carbocycles. The summed E-state index contributed by atoms with van der Waals surface area (Å²) < 4.78 is 0. The second-order valence-electron chi connectivity index (χ2n) is 5.72. The van der Waals surface area contributed by atoms with Crippen molar-refractivity contribution in [2.24, 2.45) is 0 Å². The number of hydrogen-bond donors (Lipinski definition) is 0. The van der Waals surface area contributed by atoms with E-state index in [0.29, 0.717) is 17.7 Å². The van der Waals surface area contributed by atoms with Gasteiger partial charge in [-0.25, -0.2) is 0 Å². The molecule has 0 atom stereocenters. The Bertz CT molecular complexity index is 794. The predicted octanol–water partition coefficient (Wildman–Crippen LogP) is 2.64. The van der Waals surface area contributed by atoms with Crippen LogP contribution in [0.4, 0.5) is 5.69 Å². The molecule has 1 aliphatic rings. The monoisotopic (exact) mass is 322 g/mol. The van der Waals surface area contributed by atoms with E-state index in [1.165, 1.54) is 0 Å². The zero-order valence-corrected chi connectivity index (χ0v) is 13.7. The molecule has 0 saturated heterocycles. The van der Waals surface area contributed by atoms with Crippen LogP contribution in [0.3, 0.4) is 0 Å². The molecule has 3 amide bonds. The molecule has 5 heteroatoms. The van der Waals surface area contributed by atoms with E-state index in [1.54, 1.807) is 29.2 Å². The zero-order chi connectivity index (χ0) is 17.3. The smallest absolute Gasteiger partial charge is 0.262 e. The summed E-state index contributed by atoms with van der Waals surface area (Å²) in [6.45, 7) is 4.02. The highest BCUT2D eigenvalue weighted by Crippen LogP contribution is 2.23. The maximum Gasteiger partial charge on any atom is 0.262 e. The minimum Gasteiger partial charge on any atom is -0.311 e. The Morgan fingerprint density at radius 3 is 2.17 bits per heavy atom. The lowest BCUT2D eigenvalue weighted by atomic mass is 10.1. The molecule has 1 aliphatic heterocycles. The summed E-state index contributed by atoms with van der Waals surface area (Å²) in [7, 11) is 0. The van der Waals surface area contributed by atoms with Crippen molar-refractivity contribution >= 4 is 23.4 Å². The fourth-order valence-corrected chi connectivity index (χ4v) is 2.90. The first-order valence-corrected chi connectivity index (χ1v) is 7.85. The normalized spacial score (nSPS) is 13.2. The first-order chi connectivity index (χ1) is 11.5. The van der Waals surface area contributed by atoms with Crippen molar-refractivity contribution in [3.63, 3.8) is 0 Å². The van der Waals surface area contributed by atoms with Crippen LogP contribution in [-0.4, -0.2) is 35.7 Å². The van der Waals surface area contributed by atoms with Gasteiger partial charge in [0.1, 0.15) is 6.54 Å². The first-order valence-electron chi connectivity index (χ1n) is 7.85. The maximum atomic E-state index is 12.7. The minimum absolute atomic E-state index is 0.256. The van der Waals surface area contributed by atoms with Gasteiger partial charge in [0.25, 0.3) is 11.8 Å². The Balaban J connectivity index is 1.82. The number of rotatable bonds is 4. The lowest BCUT2D eigenvalue weighted by molar-refractivity contribution is -0.118. The molecule has 24 heavy (non-hydrogen) atoms. The maximum absolute atomic E-state index is 12.7. The van der Waals surface area contributed by atoms with Crippen molar-refractivity contribution in [3.05, 3.63) is 65.2 Å². The molecule has 5 nitrogen and oxygen atoms in total. The third-order valence-electron chi connectivity index (χ3n) is 4.10. The number of likely N-dealkylation sites (N-methyl/N-ethyl adjacent to an activating group) is 1. The average molecular weight is 322 g/mol. The highest BCUT2D eigenvalue weighted by Gasteiger charge is 2.37. The highest BCUT2D eigenvalue weighted by atomic mass is 16.2. The van der Waals surface area contributed by atoms with Gasteiger partial charge in [0.05, 0.1) is 11.1 Å². The molecule has 2 aromatic rings. The summed E-state index contributed by atoms with van der Waals surface area (Å²) in [6, 6.07) is 14.2. The van der Waals surface area contributed by atoms with Crippen LogP contribution in [0.15, 0.2) is 48.5 Å². The Labute approximate surface area is 140 Å². The summed E-state index contributed by atoms with van der Waals surface area (Å²) >= 11 is 0. The third kappa shape index (κ3) is 2.69. The molecule has 1 heterocycles. The van der Waals surface area contributed by atoms with Crippen LogP contribution in [0.5, 0.6) is 0 Å². The molecule has 0 aliphatic carbocycles. The molecule has 122 valence electrons. The van der Waals surface area contributed by atoms with E-state index in [0.717, 1.165) is 16.2 Å². The van der Waals surface area contributed by atoms with Crippen molar-refractivity contribution < 1.29 is 14.4 Å². The zero-order valence-electron chi connectivity index (χ0n) is 13.7. The fourth-order valence-electron chi connectivity index (χ4n) is 2.90. The summed E-state index contributed by atoms with van der Waals surface area (Å²) in [5.74, 6) is -1.11. The van der Waals surface area contributed by atoms with Crippen molar-refractivity contribution in [1.29, 1.82) is 0 Å². The fraction of sp³-hybridized carbons (Fsp3) is 0.211. The number of imide groups is 1. The van der Waals surface area contributed by atoms with E-state index in [1.807, 2.05) is 38.1 Å². The molecule has 0 fully saturated rings. The predicted molar refractivity (Wildman–Crippen MR) is 91.0 cm³/mol. The van der Waals surface area contributed by atoms with Crippen molar-refractivity contribution in [3.8, 4) is 0 Å². The van der Waals surface area contributed by atoms with Crippen LogP contribution in [0.25, 0.3) is 0 Å². The summed E-state index contributed by atoms with van der Waals surface area (Å²) in [4.78, 5) is 40.0. The number of aryl methyl sites for hydroxylation is 1. The Morgan fingerprint density at radius 2 is 1.62 bits per heavy atom. The van der Waals surface area contributed by atoms with Gasteiger partial charge in [-0.05, 0) is 43.7 Å². The lowest BCUT2D eigenvalue weighted by Gasteiger charge is -2.24. The standard InChI is InChI=1S/C19H18N2O3/c1-3-20(14-8-6-7-13(2)11-14)17(22)12-21-18(23)15-9-4-5-10-16(15)19(21)24/h4-11H,3,12H2,1-2H3. The molecule has 0 N–H and O–H groups in total. The number of carbonyl (C=O) groups excluding carboxylic acids is 3. The number of nitrogens with zero attached hydrogens (tertiary/aromatic N) is 2. The Morgan fingerprint density at radius 1 is 1.00 bits per heavy atom. The number of amides is 3. The van der Waals surface area contributed by atoms with Gasteiger partial charge in [-0.2, -0.15) is 0 Å². The quantitative estimate of drug-likeness (QED) is 0.813. The largest absolute Gasteiger partial charge is 0.311 e. The number of anilines is 1. The van der Waals surface area contributed by atoms with Gasteiger partial charge in [-0.15, -0.1) is 0 Å². The van der Waals surface area contributed by atoms with Crippen LogP contribution < -0.4 is 4.90 Å². The van der Waals surface area contributed by atoms with Gasteiger partial charge in [0, 0.05) is 12.2 Å². The van der Waals surface area contributed by atoms with Crippen molar-refractivity contribution in [2.45, 2.75) is 13.8 Å². The molecular weight excluding hydrogens is 304 g/mol. The van der Waals surface area contributed by atoms with Crippen LogP contribution in [-0.2, 0) is 4.79 Å². The highest BCUT2D eigenvalue weighted by molar-refractivity contribution is 6.22. The van der Waals surface area contributed by atoms with Gasteiger partial charge in [-0.1, -0.05) is 24.3 Å². The second-order valence-corrected chi connectivity index (χ2v) is 5.72. The summed E-state index contributed by atoms with van der Waals surface area (Å²) in [5, 5.41) is 0. The average Bonchev–Trinajstić information content (AvgIpc) is 2.81. The molecule has 0 radical (unpaired) electrons. The third-order valence-corrected chi connectivity index (χ3v) is 4.10. The second kappa shape index (κ2) is 6.28. The van der Waals surface area contributed by atoms with E-state index in [9.17, 15) is 14.4 Å². The molecule has 0 spiro atoms. The Kier molecular flexibility index (Phi) is 4.16. The number of fused-ring (bicyclic) bond motifs is 1. The van der Waals surface area contributed by atoms with Gasteiger partial charge in [0.15, 0.2) is 0 Å². The van der Waals surface area contributed by atoms with E-state index < -0.39 is 11.8 Å². The summed E-state index contributed by atoms with van der Waals surface area (Å²) in [5.41, 5.74) is 2.52. The molecule has 3 rings (SSSR count). The van der Waals surface area contributed by atoms with Crippen molar-refractivity contribution in [1.82, 2.24) is 4.90 Å².